The Morgan fingerprint density at radius 2 is 2.21 bits per heavy atom. The summed E-state index contributed by atoms with van der Waals surface area (Å²) >= 11 is 3.33. The largest absolute Gasteiger partial charge is 0.316 e. The Bertz CT molecular complexity index is 519. The van der Waals surface area contributed by atoms with Gasteiger partial charge in [-0.25, -0.2) is 13.1 Å². The summed E-state index contributed by atoms with van der Waals surface area (Å²) in [6, 6.07) is 5.21. The molecule has 1 aliphatic heterocycles. The van der Waals surface area contributed by atoms with Crippen LogP contribution in [-0.2, 0) is 10.0 Å². The molecule has 106 valence electrons. The SMILES string of the molecule is Cc1cc(Br)cc(S(=O)(=O)NCCC2CCNC2)c1. The predicted octanol–water partition coefficient (Wildman–Crippen LogP) is 2.04. The van der Waals surface area contributed by atoms with Crippen LogP contribution in [0.5, 0.6) is 0 Å². The first-order chi connectivity index (χ1) is 8.97. The van der Waals surface area contributed by atoms with Crippen molar-refractivity contribution < 1.29 is 8.42 Å². The van der Waals surface area contributed by atoms with E-state index in [2.05, 4.69) is 26.0 Å². The number of hydrogen-bond donors (Lipinski definition) is 2. The van der Waals surface area contributed by atoms with Gasteiger partial charge in [-0.05, 0) is 62.5 Å². The third-order valence-electron chi connectivity index (χ3n) is 3.33. The standard InChI is InChI=1S/C13H19BrN2O2S/c1-10-6-12(14)8-13(7-10)19(17,18)16-5-3-11-2-4-15-9-11/h6-8,11,15-16H,2-5,9H2,1H3. The molecule has 1 saturated heterocycles. The van der Waals surface area contributed by atoms with Gasteiger partial charge in [-0.3, -0.25) is 0 Å². The highest BCUT2D eigenvalue weighted by Crippen LogP contribution is 2.19. The van der Waals surface area contributed by atoms with Crippen LogP contribution in [0.15, 0.2) is 27.6 Å². The summed E-state index contributed by atoms with van der Waals surface area (Å²) in [5.74, 6) is 0.590. The summed E-state index contributed by atoms with van der Waals surface area (Å²) in [6.07, 6.45) is 2.02. The number of hydrogen-bond acceptors (Lipinski definition) is 3. The minimum absolute atomic E-state index is 0.323. The van der Waals surface area contributed by atoms with Crippen molar-refractivity contribution in [3.05, 3.63) is 28.2 Å². The minimum atomic E-state index is -3.40. The van der Waals surface area contributed by atoms with Crippen LogP contribution in [0.3, 0.4) is 0 Å². The molecule has 1 unspecified atom stereocenters. The van der Waals surface area contributed by atoms with Crippen molar-refractivity contribution in [2.24, 2.45) is 5.92 Å². The smallest absolute Gasteiger partial charge is 0.240 e. The summed E-state index contributed by atoms with van der Waals surface area (Å²) < 4.78 is 27.8. The Labute approximate surface area is 123 Å². The Balaban J connectivity index is 1.97. The molecule has 2 N–H and O–H groups in total. The summed E-state index contributed by atoms with van der Waals surface area (Å²) in [5, 5.41) is 3.28. The number of aryl methyl sites for hydroxylation is 1. The second-order valence-electron chi connectivity index (χ2n) is 5.01. The van der Waals surface area contributed by atoms with Crippen LogP contribution in [0.4, 0.5) is 0 Å². The molecule has 0 aromatic heterocycles. The third kappa shape index (κ3) is 4.27. The van der Waals surface area contributed by atoms with E-state index in [0.29, 0.717) is 17.4 Å². The highest BCUT2D eigenvalue weighted by atomic mass is 79.9. The zero-order valence-electron chi connectivity index (χ0n) is 10.9. The van der Waals surface area contributed by atoms with Crippen LogP contribution in [0.25, 0.3) is 0 Å². The molecule has 2 rings (SSSR count). The first-order valence-corrected chi connectivity index (χ1v) is 8.72. The van der Waals surface area contributed by atoms with E-state index in [0.717, 1.165) is 36.0 Å². The molecule has 0 spiro atoms. The zero-order chi connectivity index (χ0) is 13.9. The monoisotopic (exact) mass is 346 g/mol. The molecule has 4 nitrogen and oxygen atoms in total. The van der Waals surface area contributed by atoms with Crippen LogP contribution in [0, 0.1) is 12.8 Å². The fourth-order valence-corrected chi connectivity index (χ4v) is 4.24. The van der Waals surface area contributed by atoms with Gasteiger partial charge in [0.15, 0.2) is 0 Å². The van der Waals surface area contributed by atoms with E-state index in [-0.39, 0.29) is 0 Å². The quantitative estimate of drug-likeness (QED) is 0.857. The number of sulfonamides is 1. The average molecular weight is 347 g/mol. The van der Waals surface area contributed by atoms with E-state index in [1.54, 1.807) is 12.1 Å². The van der Waals surface area contributed by atoms with Crippen molar-refractivity contribution in [3.8, 4) is 0 Å². The van der Waals surface area contributed by atoms with Crippen LogP contribution in [0.1, 0.15) is 18.4 Å². The van der Waals surface area contributed by atoms with Crippen molar-refractivity contribution in [2.75, 3.05) is 19.6 Å². The van der Waals surface area contributed by atoms with Crippen molar-refractivity contribution in [1.82, 2.24) is 10.0 Å². The highest BCUT2D eigenvalue weighted by molar-refractivity contribution is 9.10. The van der Waals surface area contributed by atoms with Crippen LogP contribution < -0.4 is 10.0 Å². The second kappa shape index (κ2) is 6.35. The Morgan fingerprint density at radius 1 is 1.42 bits per heavy atom. The van der Waals surface area contributed by atoms with Crippen molar-refractivity contribution in [3.63, 3.8) is 0 Å². The maximum Gasteiger partial charge on any atom is 0.240 e. The maximum absolute atomic E-state index is 12.2. The molecule has 0 amide bonds. The van der Waals surface area contributed by atoms with E-state index in [1.165, 1.54) is 0 Å². The average Bonchev–Trinajstić information content (AvgIpc) is 2.80. The number of rotatable bonds is 5. The predicted molar refractivity (Wildman–Crippen MR) is 79.7 cm³/mol. The van der Waals surface area contributed by atoms with Gasteiger partial charge < -0.3 is 5.32 Å². The van der Waals surface area contributed by atoms with Crippen LogP contribution in [-0.4, -0.2) is 28.1 Å². The molecule has 0 saturated carbocycles. The van der Waals surface area contributed by atoms with Crippen molar-refractivity contribution >= 4 is 26.0 Å². The minimum Gasteiger partial charge on any atom is -0.316 e. The molecule has 1 aromatic rings. The molecule has 6 heteroatoms. The molecule has 19 heavy (non-hydrogen) atoms. The number of nitrogens with one attached hydrogen (secondary N) is 2. The van der Waals surface area contributed by atoms with E-state index >= 15 is 0 Å². The Kier molecular flexibility index (Phi) is 5.00. The van der Waals surface area contributed by atoms with E-state index in [9.17, 15) is 8.42 Å². The van der Waals surface area contributed by atoms with Gasteiger partial charge >= 0.3 is 0 Å². The highest BCUT2D eigenvalue weighted by Gasteiger charge is 2.17. The van der Waals surface area contributed by atoms with Gasteiger partial charge in [0.1, 0.15) is 0 Å². The van der Waals surface area contributed by atoms with E-state index in [4.69, 9.17) is 0 Å². The number of halogens is 1. The normalized spacial score (nSPS) is 19.8. The van der Waals surface area contributed by atoms with Crippen LogP contribution >= 0.6 is 15.9 Å². The van der Waals surface area contributed by atoms with Gasteiger partial charge in [0.2, 0.25) is 10.0 Å². The lowest BCUT2D eigenvalue weighted by Gasteiger charge is -2.11. The molecule has 1 heterocycles. The molecule has 1 aliphatic rings. The number of benzene rings is 1. The summed E-state index contributed by atoms with van der Waals surface area (Å²) in [5.41, 5.74) is 0.926. The molecular formula is C13H19BrN2O2S. The van der Waals surface area contributed by atoms with Crippen LogP contribution in [0.2, 0.25) is 0 Å². The molecule has 0 bridgehead atoms. The topological polar surface area (TPSA) is 58.2 Å². The van der Waals surface area contributed by atoms with Gasteiger partial charge in [-0.2, -0.15) is 0 Å². The van der Waals surface area contributed by atoms with Gasteiger partial charge in [0.25, 0.3) is 0 Å². The maximum atomic E-state index is 12.2. The Morgan fingerprint density at radius 3 is 2.84 bits per heavy atom. The first kappa shape index (κ1) is 15.0. The zero-order valence-corrected chi connectivity index (χ0v) is 13.4. The molecule has 1 aromatic carbocycles. The second-order valence-corrected chi connectivity index (χ2v) is 7.69. The van der Waals surface area contributed by atoms with Crippen molar-refractivity contribution in [2.45, 2.75) is 24.7 Å². The molecule has 0 aliphatic carbocycles. The fourth-order valence-electron chi connectivity index (χ4n) is 2.30. The van der Waals surface area contributed by atoms with Gasteiger partial charge in [0.05, 0.1) is 4.90 Å². The Hall–Kier alpha value is -0.430. The fraction of sp³-hybridized carbons (Fsp3) is 0.538. The van der Waals surface area contributed by atoms with Crippen molar-refractivity contribution in [1.29, 1.82) is 0 Å². The van der Waals surface area contributed by atoms with Gasteiger partial charge in [0, 0.05) is 11.0 Å². The summed E-state index contributed by atoms with van der Waals surface area (Å²) in [7, 11) is -3.40. The molecular weight excluding hydrogens is 328 g/mol. The van der Waals surface area contributed by atoms with Gasteiger partial charge in [-0.15, -0.1) is 0 Å². The summed E-state index contributed by atoms with van der Waals surface area (Å²) in [4.78, 5) is 0.323. The van der Waals surface area contributed by atoms with E-state index < -0.39 is 10.0 Å². The molecule has 0 radical (unpaired) electrons. The molecule has 1 atom stereocenters. The summed E-state index contributed by atoms with van der Waals surface area (Å²) in [6.45, 7) is 4.42. The lowest BCUT2D eigenvalue weighted by molar-refractivity contribution is 0.519. The van der Waals surface area contributed by atoms with E-state index in [1.807, 2.05) is 13.0 Å². The third-order valence-corrected chi connectivity index (χ3v) is 5.23. The first-order valence-electron chi connectivity index (χ1n) is 6.45. The lowest BCUT2D eigenvalue weighted by atomic mass is 10.1. The molecule has 1 fully saturated rings. The van der Waals surface area contributed by atoms with Gasteiger partial charge in [-0.1, -0.05) is 15.9 Å². The lowest BCUT2D eigenvalue weighted by Crippen LogP contribution is -2.26.